The Morgan fingerprint density at radius 2 is 1.96 bits per heavy atom. The lowest BCUT2D eigenvalue weighted by Crippen LogP contribution is -2.14. The van der Waals surface area contributed by atoms with Gasteiger partial charge in [-0.2, -0.15) is 0 Å². The van der Waals surface area contributed by atoms with E-state index in [1.165, 1.54) is 18.3 Å². The fourth-order valence-electron chi connectivity index (χ4n) is 2.55. The molecule has 27 heavy (non-hydrogen) atoms. The molecule has 0 saturated carbocycles. The first kappa shape index (κ1) is 18.4. The van der Waals surface area contributed by atoms with Crippen LogP contribution in [0.3, 0.4) is 0 Å². The van der Waals surface area contributed by atoms with Crippen LogP contribution in [-0.2, 0) is 6.42 Å². The highest BCUT2D eigenvalue weighted by atomic mass is 19.1. The molecular weight excluding hydrogens is 345 g/mol. The van der Waals surface area contributed by atoms with E-state index >= 15 is 0 Å². The number of nitrogens with one attached hydrogen (secondary N) is 2. The maximum atomic E-state index is 13.6. The molecule has 0 unspecified atom stereocenters. The standard InChI is InChI=1S/C21H20FN3O2/c1-27-17-6-4-5-15(13-17)11-12-23-20-10-9-16(14-24-20)21(26)25-19-8-3-2-7-18(19)22/h2-10,13-14H,11-12H2,1H3,(H,23,24)(H,25,26). The largest absolute Gasteiger partial charge is 0.497 e. The minimum absolute atomic E-state index is 0.142. The number of aromatic nitrogens is 1. The number of amides is 1. The molecule has 2 N–H and O–H groups in total. The van der Waals surface area contributed by atoms with Crippen molar-refractivity contribution >= 4 is 17.4 Å². The van der Waals surface area contributed by atoms with Crippen LogP contribution in [0, 0.1) is 5.82 Å². The summed E-state index contributed by atoms with van der Waals surface area (Å²) in [6, 6.07) is 17.3. The molecule has 0 aliphatic rings. The summed E-state index contributed by atoms with van der Waals surface area (Å²) in [6.07, 6.45) is 2.28. The summed E-state index contributed by atoms with van der Waals surface area (Å²) in [5, 5.41) is 5.75. The van der Waals surface area contributed by atoms with Gasteiger partial charge in [0.05, 0.1) is 18.4 Å². The second-order valence-corrected chi connectivity index (χ2v) is 5.89. The zero-order chi connectivity index (χ0) is 19.1. The Morgan fingerprint density at radius 1 is 1.11 bits per heavy atom. The highest BCUT2D eigenvalue weighted by Gasteiger charge is 2.09. The maximum Gasteiger partial charge on any atom is 0.257 e. The summed E-state index contributed by atoms with van der Waals surface area (Å²) in [4.78, 5) is 16.4. The quantitative estimate of drug-likeness (QED) is 0.661. The lowest BCUT2D eigenvalue weighted by atomic mass is 10.1. The summed E-state index contributed by atoms with van der Waals surface area (Å²) in [5.41, 5.74) is 1.65. The minimum Gasteiger partial charge on any atom is -0.497 e. The van der Waals surface area contributed by atoms with Gasteiger partial charge < -0.3 is 15.4 Å². The van der Waals surface area contributed by atoms with Crippen molar-refractivity contribution in [3.05, 3.63) is 83.8 Å². The predicted octanol–water partition coefficient (Wildman–Crippen LogP) is 4.14. The number of methoxy groups -OCH3 is 1. The van der Waals surface area contributed by atoms with Crippen LogP contribution < -0.4 is 15.4 Å². The van der Waals surface area contributed by atoms with Gasteiger partial charge >= 0.3 is 0 Å². The molecule has 0 spiro atoms. The summed E-state index contributed by atoms with van der Waals surface area (Å²) in [7, 11) is 1.64. The Balaban J connectivity index is 1.53. The number of nitrogens with zero attached hydrogens (tertiary/aromatic N) is 1. The van der Waals surface area contributed by atoms with E-state index in [4.69, 9.17) is 4.74 Å². The third kappa shape index (κ3) is 5.04. The summed E-state index contributed by atoms with van der Waals surface area (Å²) in [5.74, 6) is 0.612. The molecule has 3 aromatic rings. The molecule has 0 fully saturated rings. The molecule has 1 heterocycles. The number of pyridine rings is 1. The molecule has 0 bridgehead atoms. The molecule has 1 amide bonds. The lowest BCUT2D eigenvalue weighted by Gasteiger charge is -2.08. The van der Waals surface area contributed by atoms with Crippen molar-refractivity contribution in [2.24, 2.45) is 0 Å². The van der Waals surface area contributed by atoms with E-state index in [2.05, 4.69) is 15.6 Å². The SMILES string of the molecule is COc1cccc(CCNc2ccc(C(=O)Nc3ccccc3F)cn2)c1. The van der Waals surface area contributed by atoms with Gasteiger partial charge in [-0.25, -0.2) is 9.37 Å². The van der Waals surface area contributed by atoms with E-state index in [-0.39, 0.29) is 5.69 Å². The first-order valence-corrected chi connectivity index (χ1v) is 8.54. The molecule has 0 atom stereocenters. The van der Waals surface area contributed by atoms with E-state index in [9.17, 15) is 9.18 Å². The smallest absolute Gasteiger partial charge is 0.257 e. The molecule has 0 aliphatic carbocycles. The predicted molar refractivity (Wildman–Crippen MR) is 104 cm³/mol. The fraction of sp³-hybridized carbons (Fsp3) is 0.143. The molecule has 1 aromatic heterocycles. The molecule has 5 nitrogen and oxygen atoms in total. The van der Waals surface area contributed by atoms with Crippen molar-refractivity contribution in [1.29, 1.82) is 0 Å². The number of halogens is 1. The van der Waals surface area contributed by atoms with Gasteiger partial charge in [0.25, 0.3) is 5.91 Å². The van der Waals surface area contributed by atoms with Gasteiger partial charge in [0.15, 0.2) is 0 Å². The van der Waals surface area contributed by atoms with E-state index in [1.807, 2.05) is 24.3 Å². The molecule has 6 heteroatoms. The van der Waals surface area contributed by atoms with Crippen LogP contribution in [0.5, 0.6) is 5.75 Å². The van der Waals surface area contributed by atoms with Crippen molar-refractivity contribution in [3.63, 3.8) is 0 Å². The van der Waals surface area contributed by atoms with Crippen LogP contribution >= 0.6 is 0 Å². The zero-order valence-electron chi connectivity index (χ0n) is 14.9. The first-order chi connectivity index (χ1) is 13.2. The van der Waals surface area contributed by atoms with Crippen LogP contribution in [0.1, 0.15) is 15.9 Å². The molecule has 0 saturated heterocycles. The number of carbonyl (C=O) groups is 1. The third-order valence-electron chi connectivity index (χ3n) is 4.00. The fourth-order valence-corrected chi connectivity index (χ4v) is 2.55. The van der Waals surface area contributed by atoms with Crippen molar-refractivity contribution in [3.8, 4) is 5.75 Å². The Bertz CT molecular complexity index is 913. The van der Waals surface area contributed by atoms with Gasteiger partial charge in [0.2, 0.25) is 0 Å². The average Bonchev–Trinajstić information content (AvgIpc) is 2.70. The summed E-state index contributed by atoms with van der Waals surface area (Å²) < 4.78 is 18.8. The average molecular weight is 365 g/mol. The van der Waals surface area contributed by atoms with E-state index < -0.39 is 11.7 Å². The molecule has 2 aromatic carbocycles. The van der Waals surface area contributed by atoms with Gasteiger partial charge in [0.1, 0.15) is 17.4 Å². The third-order valence-corrected chi connectivity index (χ3v) is 4.00. The number of rotatable bonds is 7. The second-order valence-electron chi connectivity index (χ2n) is 5.89. The number of hydrogen-bond donors (Lipinski definition) is 2. The second kappa shape index (κ2) is 8.80. The van der Waals surface area contributed by atoms with E-state index in [1.54, 1.807) is 31.4 Å². The highest BCUT2D eigenvalue weighted by molar-refractivity contribution is 6.04. The Hall–Kier alpha value is -3.41. The van der Waals surface area contributed by atoms with Crippen LogP contribution in [0.25, 0.3) is 0 Å². The summed E-state index contributed by atoms with van der Waals surface area (Å²) in [6.45, 7) is 0.695. The number of carbonyl (C=O) groups excluding carboxylic acids is 1. The Morgan fingerprint density at radius 3 is 2.70 bits per heavy atom. The van der Waals surface area contributed by atoms with Gasteiger partial charge in [-0.1, -0.05) is 24.3 Å². The van der Waals surface area contributed by atoms with Crippen LogP contribution in [0.4, 0.5) is 15.9 Å². The highest BCUT2D eigenvalue weighted by Crippen LogP contribution is 2.15. The van der Waals surface area contributed by atoms with E-state index in [0.29, 0.717) is 17.9 Å². The van der Waals surface area contributed by atoms with E-state index in [0.717, 1.165) is 17.7 Å². The molecular formula is C21H20FN3O2. The number of para-hydroxylation sites is 1. The monoisotopic (exact) mass is 365 g/mol. The van der Waals surface area contributed by atoms with Crippen LogP contribution in [-0.4, -0.2) is 24.5 Å². The molecule has 0 radical (unpaired) electrons. The molecule has 138 valence electrons. The van der Waals surface area contributed by atoms with Crippen molar-refractivity contribution < 1.29 is 13.9 Å². The molecule has 0 aliphatic heterocycles. The number of hydrogen-bond acceptors (Lipinski definition) is 4. The van der Waals surface area contributed by atoms with Crippen LogP contribution in [0.2, 0.25) is 0 Å². The normalized spacial score (nSPS) is 10.3. The summed E-state index contributed by atoms with van der Waals surface area (Å²) >= 11 is 0. The van der Waals surface area contributed by atoms with Crippen molar-refractivity contribution in [2.45, 2.75) is 6.42 Å². The number of benzene rings is 2. The van der Waals surface area contributed by atoms with Gasteiger partial charge in [-0.05, 0) is 48.4 Å². The number of anilines is 2. The number of ether oxygens (including phenoxy) is 1. The minimum atomic E-state index is -0.477. The maximum absolute atomic E-state index is 13.6. The van der Waals surface area contributed by atoms with Gasteiger partial charge in [0, 0.05) is 12.7 Å². The van der Waals surface area contributed by atoms with Crippen LogP contribution in [0.15, 0.2) is 66.9 Å². The lowest BCUT2D eigenvalue weighted by molar-refractivity contribution is 0.102. The van der Waals surface area contributed by atoms with Gasteiger partial charge in [-0.3, -0.25) is 4.79 Å². The Kier molecular flexibility index (Phi) is 5.99. The zero-order valence-corrected chi connectivity index (χ0v) is 14.9. The first-order valence-electron chi connectivity index (χ1n) is 8.54. The topological polar surface area (TPSA) is 63.2 Å². The van der Waals surface area contributed by atoms with Crippen molar-refractivity contribution in [2.75, 3.05) is 24.3 Å². The Labute approximate surface area is 157 Å². The van der Waals surface area contributed by atoms with Crippen molar-refractivity contribution in [1.82, 2.24) is 4.98 Å². The van der Waals surface area contributed by atoms with Gasteiger partial charge in [-0.15, -0.1) is 0 Å². The molecule has 3 rings (SSSR count).